The fraction of sp³-hybridized carbons (Fsp3) is 0.410. The van der Waals surface area contributed by atoms with Crippen LogP contribution in [0.25, 0.3) is 11.1 Å². The van der Waals surface area contributed by atoms with Gasteiger partial charge in [-0.3, -0.25) is 0 Å². The Morgan fingerprint density at radius 2 is 0.877 bits per heavy atom. The average Bonchev–Trinajstić information content (AvgIpc) is 3.23. The second-order valence-electron chi connectivity index (χ2n) is 25.0. The van der Waals surface area contributed by atoms with Crippen molar-refractivity contribution >= 4 is 68.8 Å². The van der Waals surface area contributed by atoms with Crippen LogP contribution >= 0.6 is 11.6 Å². The molecule has 0 saturated heterocycles. The van der Waals surface area contributed by atoms with Gasteiger partial charge < -0.3 is 9.80 Å². The van der Waals surface area contributed by atoms with Crippen molar-refractivity contribution in [1.82, 2.24) is 0 Å². The number of aryl methyl sites for hydroxylation is 1. The maximum absolute atomic E-state index is 7.60. The van der Waals surface area contributed by atoms with Gasteiger partial charge in [0.1, 0.15) is 0 Å². The standard InChI is InChI=1S/C61H70BClN2/c1-37-29-39(56(2,3)4)21-23-49(37)64-51-35-45-43(58(8,9)25-27-60(45,12)13)33-47(51)62-48-34-44-46(61(14,15)28-26-59(44,10)11)36-52(48)65(54-32-41(63)31-53(64)55(54)62)50-24-22-40(57(5,6)7)30-42(50)38-19-17-16-18-20-38/h16-24,29-36H,25-28H2,1-15H3. The van der Waals surface area contributed by atoms with Crippen LogP contribution in [-0.2, 0) is 32.5 Å². The Bertz CT molecular complexity index is 2940. The molecule has 0 saturated carbocycles. The predicted molar refractivity (Wildman–Crippen MR) is 284 cm³/mol. The SMILES string of the molecule is Cc1cc(C(C)(C)C)ccc1N1c2cc3c(cc2B2c4cc5c(cc4N(c4ccc(C(C)(C)C)cc4-c4ccccc4)c4cc(Cl)cc1c42)C(C)(C)CCC5(C)C)C(C)(C)CCC3(C)C. The number of hydrogen-bond donors (Lipinski definition) is 0. The zero-order valence-electron chi connectivity index (χ0n) is 42.0. The first kappa shape index (κ1) is 44.1. The number of rotatable bonds is 3. The number of anilines is 6. The molecular formula is C61H70BClN2. The van der Waals surface area contributed by atoms with E-state index >= 15 is 0 Å². The lowest BCUT2D eigenvalue weighted by molar-refractivity contribution is 0.332. The van der Waals surface area contributed by atoms with Gasteiger partial charge in [-0.15, -0.1) is 0 Å². The van der Waals surface area contributed by atoms with E-state index < -0.39 is 0 Å². The van der Waals surface area contributed by atoms with Gasteiger partial charge >= 0.3 is 0 Å². The van der Waals surface area contributed by atoms with Crippen LogP contribution < -0.4 is 26.2 Å². The highest BCUT2D eigenvalue weighted by molar-refractivity contribution is 7.00. The van der Waals surface area contributed by atoms with E-state index in [9.17, 15) is 0 Å². The van der Waals surface area contributed by atoms with Crippen LogP contribution in [-0.4, -0.2) is 6.71 Å². The molecule has 2 heterocycles. The summed E-state index contributed by atoms with van der Waals surface area (Å²) in [7, 11) is 0. The Labute approximate surface area is 396 Å². The summed E-state index contributed by atoms with van der Waals surface area (Å²) in [6.45, 7) is 36.0. The van der Waals surface area contributed by atoms with Gasteiger partial charge in [0.2, 0.25) is 0 Å². The first-order valence-electron chi connectivity index (χ1n) is 24.4. The molecule has 4 heteroatoms. The molecule has 0 radical (unpaired) electrons. The molecule has 10 rings (SSSR count). The van der Waals surface area contributed by atoms with Crippen molar-refractivity contribution < 1.29 is 0 Å². The van der Waals surface area contributed by atoms with Crippen LogP contribution in [0.5, 0.6) is 0 Å². The zero-order chi connectivity index (χ0) is 46.6. The Morgan fingerprint density at radius 1 is 0.462 bits per heavy atom. The van der Waals surface area contributed by atoms with Crippen LogP contribution in [0.2, 0.25) is 5.02 Å². The molecule has 2 nitrogen and oxygen atoms in total. The average molecular weight is 878 g/mol. The zero-order valence-corrected chi connectivity index (χ0v) is 42.7. The molecule has 0 fully saturated rings. The van der Waals surface area contributed by atoms with E-state index in [1.807, 2.05) is 0 Å². The minimum absolute atomic E-state index is 0.00442. The quantitative estimate of drug-likeness (QED) is 0.163. The van der Waals surface area contributed by atoms with E-state index in [0.29, 0.717) is 0 Å². The Morgan fingerprint density at radius 3 is 1.32 bits per heavy atom. The molecule has 6 aromatic carbocycles. The molecule has 6 aromatic rings. The van der Waals surface area contributed by atoms with Crippen LogP contribution in [0.1, 0.15) is 162 Å². The second kappa shape index (κ2) is 14.4. The van der Waals surface area contributed by atoms with Crippen LogP contribution in [0.4, 0.5) is 34.1 Å². The monoisotopic (exact) mass is 877 g/mol. The van der Waals surface area contributed by atoms with E-state index in [1.165, 1.54) is 101 Å². The van der Waals surface area contributed by atoms with E-state index in [4.69, 9.17) is 11.6 Å². The van der Waals surface area contributed by atoms with Gasteiger partial charge in [0.15, 0.2) is 0 Å². The first-order valence-corrected chi connectivity index (χ1v) is 24.8. The number of benzene rings is 6. The van der Waals surface area contributed by atoms with E-state index in [-0.39, 0.29) is 39.2 Å². The predicted octanol–water partition coefficient (Wildman–Crippen LogP) is 15.7. The number of nitrogens with zero attached hydrogens (tertiary/aromatic N) is 2. The summed E-state index contributed by atoms with van der Waals surface area (Å²) < 4.78 is 0. The summed E-state index contributed by atoms with van der Waals surface area (Å²) >= 11 is 7.60. The number of halogens is 1. The summed E-state index contributed by atoms with van der Waals surface area (Å²) in [6.07, 6.45) is 4.64. The van der Waals surface area contributed by atoms with E-state index in [2.05, 4.69) is 217 Å². The van der Waals surface area contributed by atoms with Gasteiger partial charge in [0, 0.05) is 39.0 Å². The van der Waals surface area contributed by atoms with Crippen molar-refractivity contribution in [3.05, 3.63) is 147 Å². The molecule has 2 aliphatic carbocycles. The van der Waals surface area contributed by atoms with Gasteiger partial charge in [-0.1, -0.05) is 169 Å². The highest BCUT2D eigenvalue weighted by atomic mass is 35.5. The van der Waals surface area contributed by atoms with Gasteiger partial charge in [-0.05, 0) is 168 Å². The Balaban J connectivity index is 1.37. The minimum Gasteiger partial charge on any atom is -0.311 e. The van der Waals surface area contributed by atoms with Crippen molar-refractivity contribution in [1.29, 1.82) is 0 Å². The number of hydrogen-bond acceptors (Lipinski definition) is 2. The van der Waals surface area contributed by atoms with Crippen LogP contribution in [0.3, 0.4) is 0 Å². The van der Waals surface area contributed by atoms with Crippen molar-refractivity contribution in [3.8, 4) is 11.1 Å². The first-order chi connectivity index (χ1) is 30.3. The molecule has 0 atom stereocenters. The third-order valence-electron chi connectivity index (χ3n) is 16.5. The smallest absolute Gasteiger partial charge is 0.252 e. The van der Waals surface area contributed by atoms with Crippen molar-refractivity contribution in [3.63, 3.8) is 0 Å². The maximum Gasteiger partial charge on any atom is 0.252 e. The molecule has 0 unspecified atom stereocenters. The third-order valence-corrected chi connectivity index (χ3v) is 16.7. The van der Waals surface area contributed by atoms with Gasteiger partial charge in [-0.25, -0.2) is 0 Å². The molecule has 65 heavy (non-hydrogen) atoms. The highest BCUT2D eigenvalue weighted by Crippen LogP contribution is 2.54. The Kier molecular flexibility index (Phi) is 9.77. The summed E-state index contributed by atoms with van der Waals surface area (Å²) in [5.74, 6) is 0. The molecule has 0 spiro atoms. The highest BCUT2D eigenvalue weighted by Gasteiger charge is 2.49. The Hall–Kier alpha value is -4.73. The molecule has 0 N–H and O–H groups in total. The lowest BCUT2D eigenvalue weighted by Gasteiger charge is -2.49. The minimum atomic E-state index is -0.0248. The molecule has 2 aliphatic heterocycles. The summed E-state index contributed by atoms with van der Waals surface area (Å²) in [4.78, 5) is 5.22. The van der Waals surface area contributed by atoms with Crippen molar-refractivity contribution in [2.75, 3.05) is 9.80 Å². The molecular weight excluding hydrogens is 807 g/mol. The lowest BCUT2D eigenvalue weighted by atomic mass is 9.32. The molecule has 0 amide bonds. The largest absolute Gasteiger partial charge is 0.311 e. The van der Waals surface area contributed by atoms with Gasteiger partial charge in [0.25, 0.3) is 6.71 Å². The maximum atomic E-state index is 7.60. The van der Waals surface area contributed by atoms with Gasteiger partial charge in [-0.2, -0.15) is 0 Å². The molecule has 4 aliphatic rings. The molecule has 0 aromatic heterocycles. The topological polar surface area (TPSA) is 6.48 Å². The van der Waals surface area contributed by atoms with Gasteiger partial charge in [0.05, 0.1) is 5.69 Å². The van der Waals surface area contributed by atoms with Crippen LogP contribution in [0.15, 0.2) is 103 Å². The molecule has 334 valence electrons. The second-order valence-corrected chi connectivity index (χ2v) is 25.4. The summed E-state index contributed by atoms with van der Waals surface area (Å²) in [5, 5.41) is 0.745. The summed E-state index contributed by atoms with van der Waals surface area (Å²) in [5.41, 5.74) is 23.8. The normalized spacial score (nSPS) is 18.6. The van der Waals surface area contributed by atoms with Crippen molar-refractivity contribution in [2.24, 2.45) is 0 Å². The summed E-state index contributed by atoms with van der Waals surface area (Å²) in [6, 6.07) is 40.6. The number of fused-ring (bicyclic) bond motifs is 6. The van der Waals surface area contributed by atoms with E-state index in [1.54, 1.807) is 0 Å². The fourth-order valence-corrected chi connectivity index (χ4v) is 12.2. The fourth-order valence-electron chi connectivity index (χ4n) is 12.0. The van der Waals surface area contributed by atoms with Crippen molar-refractivity contribution in [2.45, 2.75) is 162 Å². The van der Waals surface area contributed by atoms with E-state index in [0.717, 1.165) is 30.0 Å². The lowest BCUT2D eigenvalue weighted by Crippen LogP contribution is -2.62. The van der Waals surface area contributed by atoms with Crippen LogP contribution in [0, 0.1) is 6.92 Å². The molecule has 0 bridgehead atoms. The third kappa shape index (κ3) is 6.95.